The van der Waals surface area contributed by atoms with Gasteiger partial charge in [-0.2, -0.15) is 16.9 Å². The van der Waals surface area contributed by atoms with Crippen LogP contribution in [0.15, 0.2) is 24.3 Å². The van der Waals surface area contributed by atoms with Gasteiger partial charge in [-0.25, -0.2) is 0 Å². The molecule has 0 aliphatic carbocycles. The molecule has 1 unspecified atom stereocenters. The van der Waals surface area contributed by atoms with E-state index in [1.165, 1.54) is 0 Å². The van der Waals surface area contributed by atoms with Crippen LogP contribution >= 0.6 is 11.8 Å². The second-order valence-corrected chi connectivity index (χ2v) is 6.33. The maximum atomic E-state index is 11.4. The third-order valence-electron chi connectivity index (χ3n) is 3.91. The Morgan fingerprint density at radius 2 is 2.29 bits per heavy atom. The molecule has 112 valence electrons. The van der Waals surface area contributed by atoms with Gasteiger partial charge in [0.2, 0.25) is 0 Å². The smallest absolute Gasteiger partial charge is 0.321 e. The number of benzene rings is 1. The minimum Gasteiger partial charge on any atom is -0.480 e. The fourth-order valence-electron chi connectivity index (χ4n) is 2.80. The molecule has 1 fully saturated rings. The number of carbonyl (C=O) groups is 1. The van der Waals surface area contributed by atoms with Crippen LogP contribution in [-0.2, 0) is 17.9 Å². The molecule has 1 N–H and O–H groups in total. The highest BCUT2D eigenvalue weighted by atomic mass is 32.2. The molecule has 3 rings (SSSR count). The number of fused-ring (bicyclic) bond motifs is 1. The lowest BCUT2D eigenvalue weighted by Crippen LogP contribution is -2.46. The van der Waals surface area contributed by atoms with Crippen molar-refractivity contribution in [3.05, 3.63) is 30.0 Å². The summed E-state index contributed by atoms with van der Waals surface area (Å²) in [5, 5.41) is 15.2. The van der Waals surface area contributed by atoms with Gasteiger partial charge in [-0.15, -0.1) is 0 Å². The number of para-hydroxylation sites is 1. The number of nitrogens with zero attached hydrogens (tertiary/aromatic N) is 3. The standard InChI is InChI=1S/C15H19N3O2S/c1-2-18-13-6-4-3-5-11(13)12(16-18)9-17-7-8-21-10-14(17)15(19)20/h3-6,14H,2,7-10H2,1H3,(H,19,20). The molecule has 1 aromatic heterocycles. The molecule has 1 aliphatic rings. The van der Waals surface area contributed by atoms with Crippen LogP contribution in [0, 0.1) is 0 Å². The van der Waals surface area contributed by atoms with Crippen molar-refractivity contribution in [1.29, 1.82) is 0 Å². The molecule has 1 aromatic carbocycles. The van der Waals surface area contributed by atoms with Gasteiger partial charge in [0.25, 0.3) is 0 Å². The molecule has 1 saturated heterocycles. The van der Waals surface area contributed by atoms with Crippen LogP contribution in [0.3, 0.4) is 0 Å². The van der Waals surface area contributed by atoms with E-state index in [0.29, 0.717) is 12.3 Å². The number of aryl methyl sites for hydroxylation is 1. The summed E-state index contributed by atoms with van der Waals surface area (Å²) in [6, 6.07) is 7.74. The third-order valence-corrected chi connectivity index (χ3v) is 4.93. The van der Waals surface area contributed by atoms with E-state index in [4.69, 9.17) is 0 Å². The minimum atomic E-state index is -0.735. The Hall–Kier alpha value is -1.53. The molecule has 0 spiro atoms. The highest BCUT2D eigenvalue weighted by Crippen LogP contribution is 2.23. The normalized spacial score (nSPS) is 20.0. The summed E-state index contributed by atoms with van der Waals surface area (Å²) in [5.74, 6) is 0.902. The second kappa shape index (κ2) is 6.07. The molecule has 2 aromatic rings. The lowest BCUT2D eigenvalue weighted by molar-refractivity contribution is -0.142. The van der Waals surface area contributed by atoms with Crippen LogP contribution in [0.25, 0.3) is 10.9 Å². The lowest BCUT2D eigenvalue weighted by Gasteiger charge is -2.31. The van der Waals surface area contributed by atoms with Crippen LogP contribution < -0.4 is 0 Å². The van der Waals surface area contributed by atoms with Crippen molar-refractivity contribution in [2.75, 3.05) is 18.1 Å². The number of hydrogen-bond donors (Lipinski definition) is 1. The largest absolute Gasteiger partial charge is 0.480 e. The predicted molar refractivity (Wildman–Crippen MR) is 84.6 cm³/mol. The van der Waals surface area contributed by atoms with Gasteiger partial charge in [0.05, 0.1) is 11.2 Å². The third kappa shape index (κ3) is 2.78. The number of thioether (sulfide) groups is 1. The molecule has 1 atom stereocenters. The van der Waals surface area contributed by atoms with Crippen LogP contribution in [0.4, 0.5) is 0 Å². The van der Waals surface area contributed by atoms with Crippen molar-refractivity contribution in [3.63, 3.8) is 0 Å². The average molecular weight is 305 g/mol. The van der Waals surface area contributed by atoms with Crippen LogP contribution in [0.5, 0.6) is 0 Å². The molecule has 5 nitrogen and oxygen atoms in total. The molecule has 0 bridgehead atoms. The molecule has 6 heteroatoms. The molecular formula is C15H19N3O2S. The first-order valence-electron chi connectivity index (χ1n) is 7.19. The van der Waals surface area contributed by atoms with E-state index in [0.717, 1.165) is 35.4 Å². The molecule has 2 heterocycles. The summed E-state index contributed by atoms with van der Waals surface area (Å²) in [5.41, 5.74) is 2.10. The first-order chi connectivity index (χ1) is 10.2. The van der Waals surface area contributed by atoms with E-state index in [2.05, 4.69) is 24.2 Å². The average Bonchev–Trinajstić information content (AvgIpc) is 2.86. The van der Waals surface area contributed by atoms with Crippen LogP contribution in [-0.4, -0.2) is 49.8 Å². The Bertz CT molecular complexity index is 655. The number of carboxylic acids is 1. The lowest BCUT2D eigenvalue weighted by atomic mass is 10.2. The summed E-state index contributed by atoms with van der Waals surface area (Å²) in [7, 11) is 0. The maximum absolute atomic E-state index is 11.4. The van der Waals surface area contributed by atoms with Gasteiger partial charge in [-0.05, 0) is 13.0 Å². The van der Waals surface area contributed by atoms with E-state index < -0.39 is 12.0 Å². The highest BCUT2D eigenvalue weighted by molar-refractivity contribution is 7.99. The predicted octanol–water partition coefficient (Wildman–Crippen LogP) is 2.06. The zero-order chi connectivity index (χ0) is 14.8. The van der Waals surface area contributed by atoms with Crippen molar-refractivity contribution in [2.45, 2.75) is 26.1 Å². The molecule has 0 saturated carbocycles. The van der Waals surface area contributed by atoms with Crippen molar-refractivity contribution < 1.29 is 9.90 Å². The molecule has 1 aliphatic heterocycles. The van der Waals surface area contributed by atoms with Crippen molar-refractivity contribution in [2.24, 2.45) is 0 Å². The highest BCUT2D eigenvalue weighted by Gasteiger charge is 2.29. The number of carboxylic acid groups (broad SMARTS) is 1. The molecule has 21 heavy (non-hydrogen) atoms. The van der Waals surface area contributed by atoms with Gasteiger partial charge in [0.15, 0.2) is 0 Å². The van der Waals surface area contributed by atoms with Gasteiger partial charge in [0.1, 0.15) is 6.04 Å². The van der Waals surface area contributed by atoms with E-state index in [9.17, 15) is 9.90 Å². The summed E-state index contributed by atoms with van der Waals surface area (Å²) in [6.45, 7) is 4.29. The Labute approximate surface area is 127 Å². The summed E-state index contributed by atoms with van der Waals surface area (Å²) in [6.07, 6.45) is 0. The van der Waals surface area contributed by atoms with Crippen LogP contribution in [0.1, 0.15) is 12.6 Å². The summed E-state index contributed by atoms with van der Waals surface area (Å²) < 4.78 is 1.99. The molecule has 0 radical (unpaired) electrons. The Morgan fingerprint density at radius 1 is 1.48 bits per heavy atom. The zero-order valence-corrected chi connectivity index (χ0v) is 12.8. The van der Waals surface area contributed by atoms with E-state index >= 15 is 0 Å². The summed E-state index contributed by atoms with van der Waals surface area (Å²) >= 11 is 1.71. The number of aromatic nitrogens is 2. The van der Waals surface area contributed by atoms with Gasteiger partial charge >= 0.3 is 5.97 Å². The maximum Gasteiger partial charge on any atom is 0.321 e. The molecular weight excluding hydrogens is 286 g/mol. The Kier molecular flexibility index (Phi) is 4.17. The van der Waals surface area contributed by atoms with Gasteiger partial charge < -0.3 is 5.11 Å². The van der Waals surface area contributed by atoms with Gasteiger partial charge in [-0.3, -0.25) is 14.4 Å². The first kappa shape index (κ1) is 14.4. The van der Waals surface area contributed by atoms with Crippen LogP contribution in [0.2, 0.25) is 0 Å². The monoisotopic (exact) mass is 305 g/mol. The Balaban J connectivity index is 1.92. The Morgan fingerprint density at radius 3 is 3.05 bits per heavy atom. The first-order valence-corrected chi connectivity index (χ1v) is 8.35. The fourth-order valence-corrected chi connectivity index (χ4v) is 3.91. The van der Waals surface area contributed by atoms with Gasteiger partial charge in [0, 0.05) is 36.5 Å². The van der Waals surface area contributed by atoms with Crippen molar-refractivity contribution in [1.82, 2.24) is 14.7 Å². The fraction of sp³-hybridized carbons (Fsp3) is 0.467. The second-order valence-electron chi connectivity index (χ2n) is 5.18. The molecule has 0 amide bonds. The van der Waals surface area contributed by atoms with Crippen molar-refractivity contribution in [3.8, 4) is 0 Å². The van der Waals surface area contributed by atoms with E-state index in [1.807, 2.05) is 21.7 Å². The number of rotatable bonds is 4. The number of hydrogen-bond acceptors (Lipinski definition) is 4. The van der Waals surface area contributed by atoms with Crippen molar-refractivity contribution >= 4 is 28.6 Å². The van der Waals surface area contributed by atoms with E-state index in [1.54, 1.807) is 11.8 Å². The topological polar surface area (TPSA) is 58.4 Å². The summed E-state index contributed by atoms with van der Waals surface area (Å²) in [4.78, 5) is 13.4. The van der Waals surface area contributed by atoms with E-state index in [-0.39, 0.29) is 0 Å². The quantitative estimate of drug-likeness (QED) is 0.937. The SMILES string of the molecule is CCn1nc(CN2CCSCC2C(=O)O)c2ccccc21. The van der Waals surface area contributed by atoms with Gasteiger partial charge in [-0.1, -0.05) is 18.2 Å². The minimum absolute atomic E-state index is 0.408. The number of aliphatic carboxylic acids is 1. The zero-order valence-electron chi connectivity index (χ0n) is 12.0.